The number of thiazole rings is 1. The van der Waals surface area contributed by atoms with Gasteiger partial charge in [0.1, 0.15) is 0 Å². The van der Waals surface area contributed by atoms with E-state index in [9.17, 15) is 18.7 Å². The van der Waals surface area contributed by atoms with Gasteiger partial charge in [0.25, 0.3) is 5.92 Å². The van der Waals surface area contributed by atoms with Crippen molar-refractivity contribution in [1.29, 1.82) is 0 Å². The minimum Gasteiger partial charge on any atom is -0.392 e. The molecule has 1 amide bonds. The highest BCUT2D eigenvalue weighted by Crippen LogP contribution is 2.46. The molecule has 2 atom stereocenters. The van der Waals surface area contributed by atoms with Crippen LogP contribution in [0.1, 0.15) is 62.2 Å². The van der Waals surface area contributed by atoms with Gasteiger partial charge >= 0.3 is 0 Å². The van der Waals surface area contributed by atoms with E-state index in [2.05, 4.69) is 10.3 Å². The summed E-state index contributed by atoms with van der Waals surface area (Å²) in [6.07, 6.45) is 6.91. The maximum atomic E-state index is 13.4. The summed E-state index contributed by atoms with van der Waals surface area (Å²) >= 11 is 1.61. The maximum absolute atomic E-state index is 13.4. The molecule has 1 aromatic rings. The Labute approximate surface area is 186 Å². The van der Waals surface area contributed by atoms with Crippen LogP contribution in [-0.2, 0) is 4.79 Å². The monoisotopic (exact) mass is 454 g/mol. The lowest BCUT2D eigenvalue weighted by Crippen LogP contribution is -2.61. The van der Waals surface area contributed by atoms with Gasteiger partial charge in [0.05, 0.1) is 12.1 Å². The van der Waals surface area contributed by atoms with Crippen molar-refractivity contribution in [3.05, 3.63) is 11.1 Å². The first-order valence-corrected chi connectivity index (χ1v) is 12.5. The molecular formula is C22H32F2N4O2S. The number of halogens is 2. The van der Waals surface area contributed by atoms with Gasteiger partial charge in [0.15, 0.2) is 5.13 Å². The van der Waals surface area contributed by atoms with Crippen molar-refractivity contribution in [2.75, 3.05) is 37.6 Å². The molecule has 1 aromatic heterocycles. The number of carbonyl (C=O) groups excluding carboxylic acids is 1. The first-order valence-electron chi connectivity index (χ1n) is 11.6. The molecule has 31 heavy (non-hydrogen) atoms. The number of hydrogen-bond donors (Lipinski definition) is 2. The second-order valence-corrected chi connectivity index (χ2v) is 10.9. The number of likely N-dealkylation sites (tertiary alicyclic amines) is 1. The van der Waals surface area contributed by atoms with Crippen LogP contribution in [0, 0.1) is 5.41 Å². The van der Waals surface area contributed by atoms with Crippen molar-refractivity contribution < 1.29 is 18.7 Å². The van der Waals surface area contributed by atoms with Crippen LogP contribution in [0.2, 0.25) is 0 Å². The average molecular weight is 455 g/mol. The molecular weight excluding hydrogens is 422 g/mol. The molecule has 1 saturated carbocycles. The largest absolute Gasteiger partial charge is 0.392 e. The quantitative estimate of drug-likeness (QED) is 0.735. The maximum Gasteiger partial charge on any atom is 0.251 e. The van der Waals surface area contributed by atoms with Crippen molar-refractivity contribution in [3.8, 4) is 0 Å². The highest BCUT2D eigenvalue weighted by atomic mass is 32.1. The molecule has 4 fully saturated rings. The van der Waals surface area contributed by atoms with Gasteiger partial charge in [-0.15, -0.1) is 11.3 Å². The highest BCUT2D eigenvalue weighted by molar-refractivity contribution is 7.15. The van der Waals surface area contributed by atoms with Crippen LogP contribution >= 0.6 is 11.3 Å². The number of piperidine rings is 3. The van der Waals surface area contributed by atoms with Gasteiger partial charge in [0.2, 0.25) is 5.91 Å². The van der Waals surface area contributed by atoms with Crippen LogP contribution in [0.4, 0.5) is 13.9 Å². The van der Waals surface area contributed by atoms with Crippen molar-refractivity contribution in [2.24, 2.45) is 5.41 Å². The summed E-state index contributed by atoms with van der Waals surface area (Å²) < 4.78 is 26.8. The number of aliphatic hydroxyl groups excluding tert-OH is 1. The molecule has 1 aliphatic carbocycles. The normalized spacial score (nSPS) is 30.9. The minimum absolute atomic E-state index is 0.0118. The molecule has 2 N–H and O–H groups in total. The summed E-state index contributed by atoms with van der Waals surface area (Å²) in [5, 5.41) is 14.8. The Balaban J connectivity index is 1.12. The number of alkyl halides is 2. The molecule has 5 rings (SSSR count). The van der Waals surface area contributed by atoms with Crippen molar-refractivity contribution >= 4 is 22.4 Å². The second kappa shape index (κ2) is 8.23. The lowest BCUT2D eigenvalue weighted by Gasteiger charge is -2.50. The average Bonchev–Trinajstić information content (AvgIpc) is 3.22. The number of rotatable bonds is 3. The molecule has 172 valence electrons. The van der Waals surface area contributed by atoms with E-state index in [1.807, 2.05) is 16.0 Å². The molecule has 3 aliphatic heterocycles. The number of anilines is 1. The fourth-order valence-corrected chi connectivity index (χ4v) is 6.71. The Hall–Kier alpha value is -1.32. The number of hydrogen-bond acceptors (Lipinski definition) is 6. The van der Waals surface area contributed by atoms with Gasteiger partial charge in [-0.2, -0.15) is 0 Å². The number of aliphatic hydroxyl groups is 1. The van der Waals surface area contributed by atoms with Gasteiger partial charge in [-0.25, -0.2) is 13.8 Å². The standard InChI is InChI=1S/C22H32F2N4O2S/c23-22(24)6-10-28(11-7-22)20-25-13-17(31-20)15-2-8-27(9-3-15)19(30)16-12-18(29)21(14-26-16)4-1-5-21/h13,15-16,18,26,29H,1-12,14H2/t16-,18+/m0/s1. The summed E-state index contributed by atoms with van der Waals surface area (Å²) in [6, 6.07) is -0.273. The molecule has 0 radical (unpaired) electrons. The molecule has 0 bridgehead atoms. The molecule has 4 aliphatic rings. The van der Waals surface area contributed by atoms with Gasteiger partial charge in [-0.1, -0.05) is 6.42 Å². The minimum atomic E-state index is -2.54. The molecule has 9 heteroatoms. The van der Waals surface area contributed by atoms with Gasteiger partial charge in [-0.3, -0.25) is 4.79 Å². The predicted molar refractivity (Wildman–Crippen MR) is 116 cm³/mol. The van der Waals surface area contributed by atoms with Gasteiger partial charge in [-0.05, 0) is 38.0 Å². The summed E-state index contributed by atoms with van der Waals surface area (Å²) in [4.78, 5) is 22.6. The highest BCUT2D eigenvalue weighted by Gasteiger charge is 2.48. The third-order valence-electron chi connectivity index (χ3n) is 8.00. The van der Waals surface area contributed by atoms with E-state index in [4.69, 9.17) is 0 Å². The summed E-state index contributed by atoms with van der Waals surface area (Å²) in [6.45, 7) is 2.88. The predicted octanol–water partition coefficient (Wildman–Crippen LogP) is 2.98. The Morgan fingerprint density at radius 2 is 1.87 bits per heavy atom. The van der Waals surface area contributed by atoms with Crippen molar-refractivity contribution in [1.82, 2.24) is 15.2 Å². The summed E-state index contributed by atoms with van der Waals surface area (Å²) in [5.74, 6) is -2.06. The SMILES string of the molecule is O=C([C@@H]1C[C@@H](O)C2(CCC2)CN1)N1CCC(c2cnc(N3CCC(F)(F)CC3)s2)CC1. The van der Waals surface area contributed by atoms with Gasteiger partial charge < -0.3 is 20.2 Å². The Kier molecular flexibility index (Phi) is 5.71. The smallest absolute Gasteiger partial charge is 0.251 e. The zero-order valence-corrected chi connectivity index (χ0v) is 18.7. The number of carbonyl (C=O) groups is 1. The fourth-order valence-electron chi connectivity index (χ4n) is 5.57. The van der Waals surface area contributed by atoms with E-state index >= 15 is 0 Å². The second-order valence-electron chi connectivity index (χ2n) is 9.89. The third-order valence-corrected chi connectivity index (χ3v) is 9.22. The van der Waals surface area contributed by atoms with Crippen LogP contribution in [0.25, 0.3) is 0 Å². The van der Waals surface area contributed by atoms with Gasteiger partial charge in [0, 0.05) is 62.1 Å². The fraction of sp³-hybridized carbons (Fsp3) is 0.818. The van der Waals surface area contributed by atoms with Crippen LogP contribution in [0.3, 0.4) is 0 Å². The van der Waals surface area contributed by atoms with Crippen LogP contribution in [0.5, 0.6) is 0 Å². The van der Waals surface area contributed by atoms with E-state index in [-0.39, 0.29) is 36.3 Å². The topological polar surface area (TPSA) is 68.7 Å². The van der Waals surface area contributed by atoms with Crippen molar-refractivity contribution in [2.45, 2.75) is 75.4 Å². The number of aromatic nitrogens is 1. The first-order chi connectivity index (χ1) is 14.9. The number of nitrogens with zero attached hydrogens (tertiary/aromatic N) is 3. The van der Waals surface area contributed by atoms with E-state index < -0.39 is 5.92 Å². The third kappa shape index (κ3) is 4.20. The summed E-state index contributed by atoms with van der Waals surface area (Å²) in [7, 11) is 0. The number of amides is 1. The zero-order valence-electron chi connectivity index (χ0n) is 17.9. The van der Waals surface area contributed by atoms with Crippen LogP contribution in [-0.4, -0.2) is 71.7 Å². The summed E-state index contributed by atoms with van der Waals surface area (Å²) in [5.41, 5.74) is 0.0118. The molecule has 6 nitrogen and oxygen atoms in total. The molecule has 0 aromatic carbocycles. The van der Waals surface area contributed by atoms with E-state index in [0.717, 1.165) is 37.4 Å². The molecule has 3 saturated heterocycles. The first kappa shape index (κ1) is 21.5. The lowest BCUT2D eigenvalue weighted by atomic mass is 9.62. The van der Waals surface area contributed by atoms with E-state index in [1.165, 1.54) is 11.3 Å². The van der Waals surface area contributed by atoms with E-state index in [0.29, 0.717) is 38.5 Å². The molecule has 4 heterocycles. The zero-order chi connectivity index (χ0) is 21.6. The lowest BCUT2D eigenvalue weighted by molar-refractivity contribution is -0.140. The Morgan fingerprint density at radius 3 is 2.48 bits per heavy atom. The van der Waals surface area contributed by atoms with E-state index in [1.54, 1.807) is 11.3 Å². The number of nitrogens with one attached hydrogen (secondary N) is 1. The Bertz CT molecular complexity index is 797. The molecule has 1 spiro atoms. The Morgan fingerprint density at radius 1 is 1.16 bits per heavy atom. The van der Waals surface area contributed by atoms with Crippen LogP contribution < -0.4 is 10.2 Å². The van der Waals surface area contributed by atoms with Crippen molar-refractivity contribution in [3.63, 3.8) is 0 Å². The van der Waals surface area contributed by atoms with Crippen LogP contribution in [0.15, 0.2) is 6.20 Å². The molecule has 0 unspecified atom stereocenters.